The van der Waals surface area contributed by atoms with Crippen LogP contribution in [0, 0.1) is 5.92 Å². The number of carbonyl (C=O) groups excluding carboxylic acids is 4. The zero-order chi connectivity index (χ0) is 19.4. The number of fused-ring (bicyclic) bond motifs is 1. The maximum Gasteiger partial charge on any atom is 0.330 e. The standard InChI is InChI=1S/C19H24N2O5/c1-5-20-16(22)12(4)26-19(25)15(10-11(2)3)21-17(23)13-8-6-7-9-14(13)18(21)24/h6-9,11-12,15H,5,10H2,1-4H3,(H,20,22)/t12-,15+/m1/s1. The molecular weight excluding hydrogens is 336 g/mol. The Morgan fingerprint density at radius 2 is 1.62 bits per heavy atom. The maximum absolute atomic E-state index is 12.7. The molecule has 0 aromatic heterocycles. The summed E-state index contributed by atoms with van der Waals surface area (Å²) >= 11 is 0. The van der Waals surface area contributed by atoms with E-state index in [-0.39, 0.29) is 23.5 Å². The lowest BCUT2D eigenvalue weighted by Crippen LogP contribution is -2.48. The Labute approximate surface area is 152 Å². The fourth-order valence-electron chi connectivity index (χ4n) is 2.87. The number of esters is 1. The van der Waals surface area contributed by atoms with Gasteiger partial charge in [0.2, 0.25) is 0 Å². The van der Waals surface area contributed by atoms with Gasteiger partial charge in [0.15, 0.2) is 6.10 Å². The predicted molar refractivity (Wildman–Crippen MR) is 94.4 cm³/mol. The van der Waals surface area contributed by atoms with Crippen molar-refractivity contribution in [3.05, 3.63) is 35.4 Å². The smallest absolute Gasteiger partial charge is 0.330 e. The molecule has 1 N–H and O–H groups in total. The summed E-state index contributed by atoms with van der Waals surface area (Å²) in [6, 6.07) is 5.38. The lowest BCUT2D eigenvalue weighted by Gasteiger charge is -2.27. The molecule has 0 spiro atoms. The monoisotopic (exact) mass is 360 g/mol. The van der Waals surface area contributed by atoms with E-state index in [1.165, 1.54) is 6.92 Å². The average Bonchev–Trinajstić information content (AvgIpc) is 2.84. The minimum absolute atomic E-state index is 0.0386. The zero-order valence-corrected chi connectivity index (χ0v) is 15.4. The van der Waals surface area contributed by atoms with Crippen LogP contribution in [0.15, 0.2) is 24.3 Å². The van der Waals surface area contributed by atoms with Gasteiger partial charge in [-0.2, -0.15) is 0 Å². The summed E-state index contributed by atoms with van der Waals surface area (Å²) in [5.74, 6) is -2.17. The summed E-state index contributed by atoms with van der Waals surface area (Å²) in [6.45, 7) is 7.39. The van der Waals surface area contributed by atoms with Crippen LogP contribution < -0.4 is 5.32 Å². The normalized spacial score (nSPS) is 15.7. The Morgan fingerprint density at radius 3 is 2.08 bits per heavy atom. The highest BCUT2D eigenvalue weighted by atomic mass is 16.5. The van der Waals surface area contributed by atoms with Crippen LogP contribution in [-0.2, 0) is 14.3 Å². The van der Waals surface area contributed by atoms with Crippen molar-refractivity contribution < 1.29 is 23.9 Å². The molecule has 0 fully saturated rings. The number of ether oxygens (including phenoxy) is 1. The second-order valence-corrected chi connectivity index (χ2v) is 6.64. The number of nitrogens with zero attached hydrogens (tertiary/aromatic N) is 1. The second kappa shape index (κ2) is 8.12. The van der Waals surface area contributed by atoms with Crippen molar-refractivity contribution in [3.63, 3.8) is 0 Å². The number of amides is 3. The molecule has 1 heterocycles. The molecule has 0 saturated heterocycles. The fourth-order valence-corrected chi connectivity index (χ4v) is 2.87. The van der Waals surface area contributed by atoms with Crippen LogP contribution in [0.2, 0.25) is 0 Å². The van der Waals surface area contributed by atoms with Gasteiger partial charge in [-0.3, -0.25) is 19.3 Å². The molecule has 0 saturated carbocycles. The van der Waals surface area contributed by atoms with Gasteiger partial charge in [0.1, 0.15) is 6.04 Å². The number of benzene rings is 1. The van der Waals surface area contributed by atoms with Gasteiger partial charge in [0.25, 0.3) is 17.7 Å². The highest BCUT2D eigenvalue weighted by Gasteiger charge is 2.44. The molecule has 2 rings (SSSR count). The summed E-state index contributed by atoms with van der Waals surface area (Å²) in [4.78, 5) is 50.8. The van der Waals surface area contributed by atoms with Crippen molar-refractivity contribution in [1.82, 2.24) is 10.2 Å². The van der Waals surface area contributed by atoms with Crippen LogP contribution in [-0.4, -0.2) is 47.3 Å². The highest BCUT2D eigenvalue weighted by Crippen LogP contribution is 2.27. The third-order valence-electron chi connectivity index (χ3n) is 4.12. The average molecular weight is 360 g/mol. The number of rotatable bonds is 7. The first-order valence-electron chi connectivity index (χ1n) is 8.73. The van der Waals surface area contributed by atoms with Gasteiger partial charge in [-0.25, -0.2) is 4.79 Å². The molecule has 3 amide bonds. The van der Waals surface area contributed by atoms with Gasteiger partial charge in [-0.1, -0.05) is 26.0 Å². The topological polar surface area (TPSA) is 92.8 Å². The Morgan fingerprint density at radius 1 is 1.08 bits per heavy atom. The Bertz CT molecular complexity index is 693. The van der Waals surface area contributed by atoms with Gasteiger partial charge in [-0.05, 0) is 38.3 Å². The third kappa shape index (κ3) is 3.92. The van der Waals surface area contributed by atoms with Crippen molar-refractivity contribution in [2.75, 3.05) is 6.54 Å². The first-order valence-corrected chi connectivity index (χ1v) is 8.73. The summed E-state index contributed by atoms with van der Waals surface area (Å²) in [5.41, 5.74) is 0.548. The molecule has 2 atom stereocenters. The predicted octanol–water partition coefficient (Wildman–Crippen LogP) is 1.77. The molecule has 0 radical (unpaired) electrons. The van der Waals surface area contributed by atoms with E-state index in [0.29, 0.717) is 6.54 Å². The first kappa shape index (κ1) is 19.6. The lowest BCUT2D eigenvalue weighted by molar-refractivity contribution is -0.158. The van der Waals surface area contributed by atoms with Gasteiger partial charge in [-0.15, -0.1) is 0 Å². The van der Waals surface area contributed by atoms with Gasteiger partial charge in [0, 0.05) is 6.54 Å². The lowest BCUT2D eigenvalue weighted by atomic mass is 10.0. The van der Waals surface area contributed by atoms with Crippen molar-refractivity contribution in [2.45, 2.75) is 46.3 Å². The quantitative estimate of drug-likeness (QED) is 0.591. The Hall–Kier alpha value is -2.70. The van der Waals surface area contributed by atoms with E-state index in [4.69, 9.17) is 4.74 Å². The highest BCUT2D eigenvalue weighted by molar-refractivity contribution is 6.22. The number of imide groups is 1. The number of hydrogen-bond donors (Lipinski definition) is 1. The van der Waals surface area contributed by atoms with Crippen LogP contribution in [0.1, 0.15) is 54.8 Å². The summed E-state index contributed by atoms with van der Waals surface area (Å²) in [6.07, 6.45) is -0.751. The number of likely N-dealkylation sites (N-methyl/N-ethyl adjacent to an activating group) is 1. The molecule has 0 bridgehead atoms. The Kier molecular flexibility index (Phi) is 6.13. The van der Waals surface area contributed by atoms with E-state index in [2.05, 4.69) is 5.32 Å². The minimum Gasteiger partial charge on any atom is -0.451 e. The summed E-state index contributed by atoms with van der Waals surface area (Å²) in [7, 11) is 0. The molecule has 1 aliphatic heterocycles. The van der Waals surface area contributed by atoms with Gasteiger partial charge < -0.3 is 10.1 Å². The van der Waals surface area contributed by atoms with Crippen LogP contribution in [0.25, 0.3) is 0 Å². The van der Waals surface area contributed by atoms with E-state index < -0.39 is 35.8 Å². The molecule has 0 unspecified atom stereocenters. The molecule has 7 nitrogen and oxygen atoms in total. The number of nitrogens with one attached hydrogen (secondary N) is 1. The van der Waals surface area contributed by atoms with Gasteiger partial charge in [0.05, 0.1) is 11.1 Å². The van der Waals surface area contributed by atoms with Crippen molar-refractivity contribution in [1.29, 1.82) is 0 Å². The van der Waals surface area contributed by atoms with E-state index in [1.54, 1.807) is 31.2 Å². The first-order chi connectivity index (χ1) is 12.3. The number of carbonyl (C=O) groups is 4. The van der Waals surface area contributed by atoms with Crippen molar-refractivity contribution in [3.8, 4) is 0 Å². The van der Waals surface area contributed by atoms with E-state index >= 15 is 0 Å². The van der Waals surface area contributed by atoms with E-state index in [9.17, 15) is 19.2 Å². The molecule has 1 aromatic rings. The third-order valence-corrected chi connectivity index (χ3v) is 4.12. The molecule has 7 heteroatoms. The Balaban J connectivity index is 2.25. The van der Waals surface area contributed by atoms with Gasteiger partial charge >= 0.3 is 5.97 Å². The van der Waals surface area contributed by atoms with Crippen molar-refractivity contribution >= 4 is 23.7 Å². The summed E-state index contributed by atoms with van der Waals surface area (Å²) < 4.78 is 5.24. The van der Waals surface area contributed by atoms with Crippen LogP contribution in [0.3, 0.4) is 0 Å². The molecule has 0 aliphatic carbocycles. The zero-order valence-electron chi connectivity index (χ0n) is 15.4. The minimum atomic E-state index is -1.07. The number of hydrogen-bond acceptors (Lipinski definition) is 5. The molecular formula is C19H24N2O5. The summed E-state index contributed by atoms with van der Waals surface area (Å²) in [5, 5.41) is 2.57. The van der Waals surface area contributed by atoms with E-state index in [1.807, 2.05) is 13.8 Å². The molecule has 1 aliphatic rings. The van der Waals surface area contributed by atoms with Crippen molar-refractivity contribution in [2.24, 2.45) is 5.92 Å². The fraction of sp³-hybridized carbons (Fsp3) is 0.474. The SMILES string of the molecule is CCNC(=O)[C@@H](C)OC(=O)[C@H](CC(C)C)N1C(=O)c2ccccc2C1=O. The second-order valence-electron chi connectivity index (χ2n) is 6.64. The van der Waals surface area contributed by atoms with E-state index in [0.717, 1.165) is 4.90 Å². The van der Waals surface area contributed by atoms with Crippen LogP contribution in [0.5, 0.6) is 0 Å². The molecule has 26 heavy (non-hydrogen) atoms. The van der Waals surface area contributed by atoms with Crippen LogP contribution in [0.4, 0.5) is 0 Å². The van der Waals surface area contributed by atoms with Crippen LogP contribution >= 0.6 is 0 Å². The molecule has 140 valence electrons. The largest absolute Gasteiger partial charge is 0.451 e. The molecule has 1 aromatic carbocycles. The maximum atomic E-state index is 12.7.